The van der Waals surface area contributed by atoms with Crippen LogP contribution in [0.15, 0.2) is 0 Å². The molecule has 0 aromatic rings. The van der Waals surface area contributed by atoms with Gasteiger partial charge in [-0.05, 0) is 40.2 Å². The number of alkyl halides is 3. The van der Waals surface area contributed by atoms with Crippen LogP contribution in [0.2, 0.25) is 0 Å². The van der Waals surface area contributed by atoms with Crippen LogP contribution in [0.5, 0.6) is 0 Å². The zero-order chi connectivity index (χ0) is 15.1. The van der Waals surface area contributed by atoms with E-state index in [4.69, 9.17) is 4.74 Å². The molecule has 0 aromatic carbocycles. The SMILES string of the molecule is CCCNC(CCNC(=O)OC(C)(C)C)C(F)(F)F. The van der Waals surface area contributed by atoms with E-state index in [9.17, 15) is 18.0 Å². The summed E-state index contributed by atoms with van der Waals surface area (Å²) in [6.07, 6.45) is -4.62. The second-order valence-corrected chi connectivity index (χ2v) is 5.27. The largest absolute Gasteiger partial charge is 0.444 e. The monoisotopic (exact) mass is 284 g/mol. The molecule has 0 aliphatic heterocycles. The summed E-state index contributed by atoms with van der Waals surface area (Å²) in [5.41, 5.74) is -0.659. The van der Waals surface area contributed by atoms with E-state index < -0.39 is 23.9 Å². The quantitative estimate of drug-likeness (QED) is 0.788. The topological polar surface area (TPSA) is 50.4 Å². The molecular formula is C12H23F3N2O2. The van der Waals surface area contributed by atoms with Gasteiger partial charge in [0.2, 0.25) is 0 Å². The molecule has 0 radical (unpaired) electrons. The molecule has 19 heavy (non-hydrogen) atoms. The van der Waals surface area contributed by atoms with Gasteiger partial charge in [0, 0.05) is 6.54 Å². The number of ether oxygens (including phenoxy) is 1. The van der Waals surface area contributed by atoms with Gasteiger partial charge in [-0.25, -0.2) is 4.79 Å². The average Bonchev–Trinajstić information content (AvgIpc) is 2.18. The van der Waals surface area contributed by atoms with E-state index in [1.165, 1.54) is 0 Å². The van der Waals surface area contributed by atoms with E-state index in [1.807, 2.05) is 0 Å². The van der Waals surface area contributed by atoms with Gasteiger partial charge in [0.25, 0.3) is 0 Å². The Bertz CT molecular complexity index is 275. The second kappa shape index (κ2) is 7.57. The average molecular weight is 284 g/mol. The minimum atomic E-state index is -4.31. The number of carbonyl (C=O) groups excluding carboxylic acids is 1. The van der Waals surface area contributed by atoms with Crippen LogP contribution in [-0.4, -0.2) is 37.0 Å². The fourth-order valence-corrected chi connectivity index (χ4v) is 1.33. The summed E-state index contributed by atoms with van der Waals surface area (Å²) in [6.45, 7) is 7.06. The van der Waals surface area contributed by atoms with E-state index >= 15 is 0 Å². The molecule has 0 aromatic heterocycles. The van der Waals surface area contributed by atoms with Crippen molar-refractivity contribution in [2.45, 2.75) is 58.4 Å². The van der Waals surface area contributed by atoms with Gasteiger partial charge in [-0.3, -0.25) is 0 Å². The van der Waals surface area contributed by atoms with Gasteiger partial charge in [-0.2, -0.15) is 13.2 Å². The zero-order valence-corrected chi connectivity index (χ0v) is 11.9. The van der Waals surface area contributed by atoms with Crippen LogP contribution in [-0.2, 0) is 4.74 Å². The maximum absolute atomic E-state index is 12.6. The van der Waals surface area contributed by atoms with Crippen molar-refractivity contribution in [1.29, 1.82) is 0 Å². The summed E-state index contributed by atoms with van der Waals surface area (Å²) < 4.78 is 42.8. The van der Waals surface area contributed by atoms with Crippen LogP contribution in [0, 0.1) is 0 Å². The van der Waals surface area contributed by atoms with Crippen molar-refractivity contribution >= 4 is 6.09 Å². The third kappa shape index (κ3) is 9.58. The Hall–Kier alpha value is -0.980. The summed E-state index contributed by atoms with van der Waals surface area (Å²) in [6, 6.07) is -1.61. The molecule has 1 atom stereocenters. The summed E-state index contributed by atoms with van der Waals surface area (Å²) in [5.74, 6) is 0. The zero-order valence-electron chi connectivity index (χ0n) is 11.9. The van der Waals surface area contributed by atoms with Gasteiger partial charge in [0.05, 0.1) is 0 Å². The molecule has 4 nitrogen and oxygen atoms in total. The molecule has 2 N–H and O–H groups in total. The van der Waals surface area contributed by atoms with E-state index in [-0.39, 0.29) is 19.5 Å². The lowest BCUT2D eigenvalue weighted by atomic mass is 10.2. The molecule has 0 saturated heterocycles. The van der Waals surface area contributed by atoms with Crippen molar-refractivity contribution in [2.24, 2.45) is 0 Å². The minimum absolute atomic E-state index is 0.0875. The van der Waals surface area contributed by atoms with Crippen molar-refractivity contribution in [3.8, 4) is 0 Å². The van der Waals surface area contributed by atoms with Crippen molar-refractivity contribution in [1.82, 2.24) is 10.6 Å². The van der Waals surface area contributed by atoms with Gasteiger partial charge < -0.3 is 15.4 Å². The Morgan fingerprint density at radius 3 is 2.21 bits per heavy atom. The Labute approximate surface area is 112 Å². The molecule has 0 heterocycles. The first-order chi connectivity index (χ1) is 8.56. The van der Waals surface area contributed by atoms with Crippen molar-refractivity contribution < 1.29 is 22.7 Å². The number of nitrogens with one attached hydrogen (secondary N) is 2. The minimum Gasteiger partial charge on any atom is -0.444 e. The van der Waals surface area contributed by atoms with Gasteiger partial charge in [-0.1, -0.05) is 6.92 Å². The lowest BCUT2D eigenvalue weighted by Gasteiger charge is -2.23. The molecule has 0 aliphatic rings. The van der Waals surface area contributed by atoms with Crippen LogP contribution in [0.3, 0.4) is 0 Å². The number of carbonyl (C=O) groups is 1. The Morgan fingerprint density at radius 2 is 1.79 bits per heavy atom. The highest BCUT2D eigenvalue weighted by Crippen LogP contribution is 2.22. The van der Waals surface area contributed by atoms with Gasteiger partial charge in [0.1, 0.15) is 11.6 Å². The first-order valence-electron chi connectivity index (χ1n) is 6.33. The van der Waals surface area contributed by atoms with Gasteiger partial charge in [0.15, 0.2) is 0 Å². The summed E-state index contributed by atoms with van der Waals surface area (Å²) >= 11 is 0. The fraction of sp³-hybridized carbons (Fsp3) is 0.917. The third-order valence-corrected chi connectivity index (χ3v) is 2.14. The number of amides is 1. The number of halogens is 3. The van der Waals surface area contributed by atoms with Gasteiger partial charge >= 0.3 is 12.3 Å². The summed E-state index contributed by atoms with van der Waals surface area (Å²) in [7, 11) is 0. The smallest absolute Gasteiger partial charge is 0.407 e. The maximum atomic E-state index is 12.6. The summed E-state index contributed by atoms with van der Waals surface area (Å²) in [5, 5.41) is 4.73. The normalized spacial score (nSPS) is 14.1. The van der Waals surface area contributed by atoms with E-state index in [2.05, 4.69) is 10.6 Å². The Kier molecular flexibility index (Phi) is 7.18. The molecule has 114 valence electrons. The van der Waals surface area contributed by atoms with E-state index in [1.54, 1.807) is 27.7 Å². The van der Waals surface area contributed by atoms with Crippen LogP contribution in [0.4, 0.5) is 18.0 Å². The number of hydrogen-bond acceptors (Lipinski definition) is 3. The van der Waals surface area contributed by atoms with Crippen molar-refractivity contribution in [3.63, 3.8) is 0 Å². The third-order valence-electron chi connectivity index (χ3n) is 2.14. The molecular weight excluding hydrogens is 261 g/mol. The molecule has 0 fully saturated rings. The molecule has 7 heteroatoms. The molecule has 0 rings (SSSR count). The first-order valence-corrected chi connectivity index (χ1v) is 6.33. The molecule has 0 saturated carbocycles. The molecule has 1 unspecified atom stereocenters. The standard InChI is InChI=1S/C12H23F3N2O2/c1-5-7-16-9(12(13,14)15)6-8-17-10(18)19-11(2,3)4/h9,16H,5-8H2,1-4H3,(H,17,18). The second-order valence-electron chi connectivity index (χ2n) is 5.27. The van der Waals surface area contributed by atoms with Crippen molar-refractivity contribution in [3.05, 3.63) is 0 Å². The molecule has 0 aliphatic carbocycles. The van der Waals surface area contributed by atoms with E-state index in [0.717, 1.165) is 0 Å². The lowest BCUT2D eigenvalue weighted by molar-refractivity contribution is -0.156. The Morgan fingerprint density at radius 1 is 1.21 bits per heavy atom. The molecule has 0 bridgehead atoms. The highest BCUT2D eigenvalue weighted by atomic mass is 19.4. The molecule has 0 spiro atoms. The molecule has 1 amide bonds. The van der Waals surface area contributed by atoms with Crippen LogP contribution < -0.4 is 10.6 Å². The highest BCUT2D eigenvalue weighted by Gasteiger charge is 2.38. The predicted molar refractivity (Wildman–Crippen MR) is 67.0 cm³/mol. The predicted octanol–water partition coefficient (Wildman–Crippen LogP) is 2.83. The number of alkyl carbamates (subject to hydrolysis) is 1. The highest BCUT2D eigenvalue weighted by molar-refractivity contribution is 5.67. The number of rotatable bonds is 6. The summed E-state index contributed by atoms with van der Waals surface area (Å²) in [4.78, 5) is 11.3. The fourth-order valence-electron chi connectivity index (χ4n) is 1.33. The Balaban J connectivity index is 4.09. The lowest BCUT2D eigenvalue weighted by Crippen LogP contribution is -2.45. The van der Waals surface area contributed by atoms with Gasteiger partial charge in [-0.15, -0.1) is 0 Å². The first kappa shape index (κ1) is 18.0. The van der Waals surface area contributed by atoms with E-state index in [0.29, 0.717) is 6.42 Å². The van der Waals surface area contributed by atoms with Crippen LogP contribution in [0.1, 0.15) is 40.5 Å². The van der Waals surface area contributed by atoms with Crippen LogP contribution >= 0.6 is 0 Å². The number of hydrogen-bond donors (Lipinski definition) is 2. The van der Waals surface area contributed by atoms with Crippen molar-refractivity contribution in [2.75, 3.05) is 13.1 Å². The van der Waals surface area contributed by atoms with Crippen LogP contribution in [0.25, 0.3) is 0 Å². The maximum Gasteiger partial charge on any atom is 0.407 e.